The van der Waals surface area contributed by atoms with Crippen LogP contribution >= 0.6 is 11.3 Å². The molecule has 0 radical (unpaired) electrons. The summed E-state index contributed by atoms with van der Waals surface area (Å²) in [7, 11) is 0. The van der Waals surface area contributed by atoms with Gasteiger partial charge < -0.3 is 10.4 Å². The van der Waals surface area contributed by atoms with Crippen molar-refractivity contribution >= 4 is 34.3 Å². The summed E-state index contributed by atoms with van der Waals surface area (Å²) in [6.45, 7) is 3.27. The Morgan fingerprint density at radius 1 is 1.09 bits per heavy atom. The SMILES string of the molecule is O=C(O)C(F)(F)F.c1ccc(Nc2ccc3nc(C4CCN(Cc5ccsc5)CC4)nn3c2)cc1. The maximum absolute atomic E-state index is 10.6. The molecule has 5 rings (SSSR count). The molecule has 1 fully saturated rings. The second-order valence-corrected chi connectivity index (χ2v) is 8.95. The Morgan fingerprint density at radius 3 is 2.43 bits per heavy atom. The van der Waals surface area contributed by atoms with Crippen molar-refractivity contribution in [2.24, 2.45) is 0 Å². The van der Waals surface area contributed by atoms with Crippen LogP contribution in [0.25, 0.3) is 5.65 Å². The number of halogens is 3. The summed E-state index contributed by atoms with van der Waals surface area (Å²) in [5.41, 5.74) is 4.42. The monoisotopic (exact) mass is 503 g/mol. The number of carboxylic acid groups (broad SMARTS) is 1. The van der Waals surface area contributed by atoms with Crippen molar-refractivity contribution in [2.75, 3.05) is 18.4 Å². The Kier molecular flexibility index (Phi) is 7.67. The molecule has 0 atom stereocenters. The number of hydrogen-bond donors (Lipinski definition) is 2. The minimum atomic E-state index is -5.08. The first kappa shape index (κ1) is 24.7. The lowest BCUT2D eigenvalue weighted by Crippen LogP contribution is -2.32. The maximum atomic E-state index is 10.6. The number of alkyl halides is 3. The van der Waals surface area contributed by atoms with Crippen molar-refractivity contribution in [3.05, 3.63) is 76.9 Å². The van der Waals surface area contributed by atoms with E-state index in [1.165, 1.54) is 5.56 Å². The summed E-state index contributed by atoms with van der Waals surface area (Å²) in [5, 5.41) is 19.7. The fourth-order valence-corrected chi connectivity index (χ4v) is 4.49. The maximum Gasteiger partial charge on any atom is 0.490 e. The third kappa shape index (κ3) is 6.80. The topological polar surface area (TPSA) is 82.8 Å². The molecule has 7 nitrogen and oxygen atoms in total. The number of fused-ring (bicyclic) bond motifs is 1. The molecule has 0 spiro atoms. The van der Waals surface area contributed by atoms with E-state index in [0.29, 0.717) is 5.92 Å². The van der Waals surface area contributed by atoms with E-state index in [2.05, 4.69) is 45.2 Å². The van der Waals surface area contributed by atoms with Crippen LogP contribution in [-0.2, 0) is 11.3 Å². The minimum Gasteiger partial charge on any atom is -0.475 e. The smallest absolute Gasteiger partial charge is 0.475 e. The molecule has 35 heavy (non-hydrogen) atoms. The number of benzene rings is 1. The summed E-state index contributed by atoms with van der Waals surface area (Å²) in [5.74, 6) is -1.33. The average Bonchev–Trinajstić information content (AvgIpc) is 3.50. The largest absolute Gasteiger partial charge is 0.490 e. The van der Waals surface area contributed by atoms with Crippen molar-refractivity contribution < 1.29 is 23.1 Å². The Labute approximate surface area is 203 Å². The molecule has 11 heteroatoms. The van der Waals surface area contributed by atoms with Gasteiger partial charge in [-0.2, -0.15) is 29.6 Å². The molecule has 1 aliphatic heterocycles. The third-order valence-corrected chi connectivity index (χ3v) is 6.32. The second-order valence-electron chi connectivity index (χ2n) is 8.17. The first-order valence-corrected chi connectivity index (χ1v) is 11.9. The van der Waals surface area contributed by atoms with Crippen LogP contribution in [0.15, 0.2) is 65.5 Å². The highest BCUT2D eigenvalue weighted by molar-refractivity contribution is 7.07. The Bertz CT molecular complexity index is 1240. The number of piperidine rings is 1. The summed E-state index contributed by atoms with van der Waals surface area (Å²) < 4.78 is 33.6. The van der Waals surface area contributed by atoms with Gasteiger partial charge in [-0.05, 0) is 72.6 Å². The summed E-state index contributed by atoms with van der Waals surface area (Å²) in [4.78, 5) is 16.2. The van der Waals surface area contributed by atoms with Crippen LogP contribution in [0.1, 0.15) is 30.1 Å². The number of nitrogens with zero attached hydrogens (tertiary/aromatic N) is 4. The number of carbonyl (C=O) groups is 1. The van der Waals surface area contributed by atoms with Crippen LogP contribution in [0.2, 0.25) is 0 Å². The zero-order chi connectivity index (χ0) is 24.8. The number of carboxylic acids is 1. The number of aliphatic carboxylic acids is 1. The van der Waals surface area contributed by atoms with Crippen molar-refractivity contribution in [3.63, 3.8) is 0 Å². The molecule has 4 heterocycles. The van der Waals surface area contributed by atoms with Crippen molar-refractivity contribution in [1.29, 1.82) is 0 Å². The lowest BCUT2D eigenvalue weighted by Gasteiger charge is -2.30. The molecule has 0 amide bonds. The second kappa shape index (κ2) is 10.9. The predicted molar refractivity (Wildman–Crippen MR) is 128 cm³/mol. The summed E-state index contributed by atoms with van der Waals surface area (Å²) in [6.07, 6.45) is -0.823. The van der Waals surface area contributed by atoms with Gasteiger partial charge in [-0.25, -0.2) is 14.3 Å². The summed E-state index contributed by atoms with van der Waals surface area (Å²) in [6, 6.07) is 16.5. The number of hydrogen-bond acceptors (Lipinski definition) is 6. The van der Waals surface area contributed by atoms with Crippen LogP contribution in [0.5, 0.6) is 0 Å². The highest BCUT2D eigenvalue weighted by Gasteiger charge is 2.38. The normalized spacial score (nSPS) is 14.9. The highest BCUT2D eigenvalue weighted by Crippen LogP contribution is 2.27. The molecule has 1 aromatic carbocycles. The minimum absolute atomic E-state index is 0.448. The Morgan fingerprint density at radius 2 is 1.80 bits per heavy atom. The fourth-order valence-electron chi connectivity index (χ4n) is 3.83. The van der Waals surface area contributed by atoms with E-state index in [0.717, 1.165) is 55.3 Å². The van der Waals surface area contributed by atoms with Gasteiger partial charge in [0.05, 0.1) is 11.9 Å². The van der Waals surface area contributed by atoms with Gasteiger partial charge in [0.25, 0.3) is 0 Å². The molecular formula is C24H24F3N5O2S. The van der Waals surface area contributed by atoms with Gasteiger partial charge in [0.2, 0.25) is 0 Å². The molecule has 0 bridgehead atoms. The van der Waals surface area contributed by atoms with E-state index in [-0.39, 0.29) is 0 Å². The molecule has 0 unspecified atom stereocenters. The number of rotatable bonds is 5. The van der Waals surface area contributed by atoms with Crippen LogP contribution in [0.3, 0.4) is 0 Å². The molecule has 4 aromatic rings. The molecule has 2 N–H and O–H groups in total. The number of thiophene rings is 1. The third-order valence-electron chi connectivity index (χ3n) is 5.59. The van der Waals surface area contributed by atoms with Gasteiger partial charge in [0.1, 0.15) is 0 Å². The number of anilines is 2. The molecule has 0 saturated carbocycles. The average molecular weight is 504 g/mol. The van der Waals surface area contributed by atoms with Gasteiger partial charge in [0.15, 0.2) is 11.5 Å². The van der Waals surface area contributed by atoms with Crippen molar-refractivity contribution in [3.8, 4) is 0 Å². The van der Waals surface area contributed by atoms with Gasteiger partial charge in [-0.3, -0.25) is 4.90 Å². The molecular weight excluding hydrogens is 479 g/mol. The highest BCUT2D eigenvalue weighted by atomic mass is 32.1. The van der Waals surface area contributed by atoms with E-state index in [1.807, 2.05) is 35.0 Å². The van der Waals surface area contributed by atoms with E-state index in [9.17, 15) is 13.2 Å². The first-order chi connectivity index (χ1) is 16.8. The molecule has 1 aliphatic rings. The van der Waals surface area contributed by atoms with Crippen LogP contribution in [0.4, 0.5) is 24.5 Å². The fraction of sp³-hybridized carbons (Fsp3) is 0.292. The van der Waals surface area contributed by atoms with Gasteiger partial charge in [-0.15, -0.1) is 0 Å². The van der Waals surface area contributed by atoms with E-state index >= 15 is 0 Å². The van der Waals surface area contributed by atoms with Crippen LogP contribution in [-0.4, -0.2) is 49.8 Å². The summed E-state index contributed by atoms with van der Waals surface area (Å²) >= 11 is 1.77. The lowest BCUT2D eigenvalue weighted by molar-refractivity contribution is -0.192. The molecule has 1 saturated heterocycles. The van der Waals surface area contributed by atoms with Gasteiger partial charge in [-0.1, -0.05) is 18.2 Å². The van der Waals surface area contributed by atoms with Gasteiger partial charge in [0, 0.05) is 18.2 Å². The van der Waals surface area contributed by atoms with Gasteiger partial charge >= 0.3 is 12.1 Å². The van der Waals surface area contributed by atoms with Crippen LogP contribution in [0, 0.1) is 0 Å². The number of aromatic nitrogens is 3. The standard InChI is InChI=1S/C22H23N5S.C2HF3O2/c1-2-4-19(5-3-1)23-20-6-7-21-24-22(25-27(21)15-20)18-8-11-26(12-9-18)14-17-10-13-28-16-17;3-2(4,5)1(6)7/h1-7,10,13,15-16,18,23H,8-9,11-12,14H2;(H,6,7). The quantitative estimate of drug-likeness (QED) is 0.372. The van der Waals surface area contributed by atoms with E-state index in [4.69, 9.17) is 20.0 Å². The van der Waals surface area contributed by atoms with Crippen molar-refractivity contribution in [2.45, 2.75) is 31.5 Å². The molecule has 184 valence electrons. The van der Waals surface area contributed by atoms with Crippen molar-refractivity contribution in [1.82, 2.24) is 19.5 Å². The van der Waals surface area contributed by atoms with E-state index < -0.39 is 12.1 Å². The van der Waals surface area contributed by atoms with E-state index in [1.54, 1.807) is 11.3 Å². The Balaban J connectivity index is 0.000000364. The zero-order valence-corrected chi connectivity index (χ0v) is 19.5. The Hall–Kier alpha value is -3.44. The predicted octanol–water partition coefficient (Wildman–Crippen LogP) is 5.55. The lowest BCUT2D eigenvalue weighted by atomic mass is 9.96. The molecule has 3 aromatic heterocycles. The number of nitrogens with one attached hydrogen (secondary N) is 1. The molecule has 0 aliphatic carbocycles. The number of pyridine rings is 1. The first-order valence-electron chi connectivity index (χ1n) is 11.0. The van der Waals surface area contributed by atoms with Crippen LogP contribution < -0.4 is 5.32 Å². The zero-order valence-electron chi connectivity index (χ0n) is 18.7. The number of likely N-dealkylation sites (tertiary alicyclic amines) is 1. The number of para-hydroxylation sites is 1.